The number of nitrogens with zero attached hydrogens (tertiary/aromatic N) is 3. The average molecular weight is 360 g/mol. The number of ether oxygens (including phenoxy) is 1. The third-order valence-electron chi connectivity index (χ3n) is 4.16. The third-order valence-corrected chi connectivity index (χ3v) is 4.16. The first-order valence-electron chi connectivity index (χ1n) is 9.24. The van der Waals surface area contributed by atoms with E-state index in [2.05, 4.69) is 28.6 Å². The van der Waals surface area contributed by atoms with Gasteiger partial charge in [-0.25, -0.2) is 0 Å². The summed E-state index contributed by atoms with van der Waals surface area (Å²) in [7, 11) is 0. The quantitative estimate of drug-likeness (QED) is 0.555. The van der Waals surface area contributed by atoms with Crippen LogP contribution in [0.2, 0.25) is 0 Å². The Bertz CT molecular complexity index is 853. The maximum absolute atomic E-state index is 8.81. The van der Waals surface area contributed by atoms with Gasteiger partial charge in [-0.15, -0.1) is 0 Å². The van der Waals surface area contributed by atoms with E-state index in [9.17, 15) is 0 Å². The van der Waals surface area contributed by atoms with Gasteiger partial charge in [-0.1, -0.05) is 48.5 Å². The lowest BCUT2D eigenvalue weighted by Crippen LogP contribution is -2.17. The average Bonchev–Trinajstić information content (AvgIpc) is 3.13. The summed E-state index contributed by atoms with van der Waals surface area (Å²) in [4.78, 5) is 0. The van der Waals surface area contributed by atoms with Crippen LogP contribution in [0.25, 0.3) is 11.3 Å². The van der Waals surface area contributed by atoms with Crippen LogP contribution in [0.3, 0.4) is 0 Å². The van der Waals surface area contributed by atoms with Crippen LogP contribution in [0.15, 0.2) is 66.9 Å². The highest BCUT2D eigenvalue weighted by Crippen LogP contribution is 2.22. The number of nitriles is 1. The first-order chi connectivity index (χ1) is 13.4. The van der Waals surface area contributed by atoms with E-state index in [0.717, 1.165) is 42.1 Å². The number of nitrogens with one attached hydrogen (secondary N) is 1. The van der Waals surface area contributed by atoms with Gasteiger partial charge >= 0.3 is 0 Å². The Kier molecular flexibility index (Phi) is 7.02. The molecule has 3 aromatic rings. The van der Waals surface area contributed by atoms with Crippen molar-refractivity contribution in [2.24, 2.45) is 0 Å². The summed E-state index contributed by atoms with van der Waals surface area (Å²) in [5, 5.41) is 17.0. The minimum absolute atomic E-state index is 0.458. The lowest BCUT2D eigenvalue weighted by atomic mass is 10.1. The molecule has 0 saturated heterocycles. The molecule has 5 heteroatoms. The van der Waals surface area contributed by atoms with Crippen LogP contribution in [0, 0.1) is 11.3 Å². The maximum atomic E-state index is 8.81. The monoisotopic (exact) mass is 360 g/mol. The van der Waals surface area contributed by atoms with E-state index >= 15 is 0 Å². The Balaban J connectivity index is 1.52. The molecule has 1 aromatic heterocycles. The van der Waals surface area contributed by atoms with Crippen molar-refractivity contribution in [1.82, 2.24) is 15.1 Å². The zero-order valence-corrected chi connectivity index (χ0v) is 15.3. The molecule has 0 aliphatic carbocycles. The molecule has 0 amide bonds. The van der Waals surface area contributed by atoms with Crippen LogP contribution in [-0.2, 0) is 13.1 Å². The van der Waals surface area contributed by atoms with Crippen molar-refractivity contribution in [1.29, 1.82) is 5.26 Å². The third kappa shape index (κ3) is 5.70. The van der Waals surface area contributed by atoms with Crippen molar-refractivity contribution in [3.63, 3.8) is 0 Å². The molecule has 0 radical (unpaired) electrons. The minimum Gasteiger partial charge on any atom is -0.494 e. The van der Waals surface area contributed by atoms with E-state index < -0.39 is 0 Å². The molecule has 1 heterocycles. The van der Waals surface area contributed by atoms with Gasteiger partial charge in [0.2, 0.25) is 0 Å². The molecule has 3 rings (SSSR count). The molecular formula is C22H24N4O. The Morgan fingerprint density at radius 3 is 2.52 bits per heavy atom. The fraction of sp³-hybridized carbons (Fsp3) is 0.273. The lowest BCUT2D eigenvalue weighted by Gasteiger charge is -2.07. The van der Waals surface area contributed by atoms with Crippen LogP contribution in [0.5, 0.6) is 5.75 Å². The van der Waals surface area contributed by atoms with Crippen molar-refractivity contribution in [3.8, 4) is 23.1 Å². The van der Waals surface area contributed by atoms with Gasteiger partial charge in [0.25, 0.3) is 0 Å². The molecule has 0 spiro atoms. The predicted molar refractivity (Wildman–Crippen MR) is 106 cm³/mol. The van der Waals surface area contributed by atoms with Crippen LogP contribution in [-0.4, -0.2) is 22.9 Å². The van der Waals surface area contributed by atoms with Crippen LogP contribution in [0.1, 0.15) is 18.4 Å². The Labute approximate surface area is 160 Å². The van der Waals surface area contributed by atoms with E-state index in [1.165, 1.54) is 0 Å². The molecule has 138 valence electrons. The Morgan fingerprint density at radius 1 is 1.04 bits per heavy atom. The molecule has 0 aliphatic rings. The van der Waals surface area contributed by atoms with Gasteiger partial charge in [-0.2, -0.15) is 10.4 Å². The second kappa shape index (κ2) is 10.1. The van der Waals surface area contributed by atoms with Crippen LogP contribution >= 0.6 is 0 Å². The molecule has 0 bridgehead atoms. The molecule has 2 aromatic carbocycles. The topological polar surface area (TPSA) is 62.9 Å². The predicted octanol–water partition coefficient (Wildman–Crippen LogP) is 4.02. The summed E-state index contributed by atoms with van der Waals surface area (Å²) in [5.74, 6) is 0.905. The molecule has 0 unspecified atom stereocenters. The second-order valence-electron chi connectivity index (χ2n) is 6.23. The molecule has 27 heavy (non-hydrogen) atoms. The number of aryl methyl sites for hydroxylation is 1. The normalized spacial score (nSPS) is 10.5. The maximum Gasteiger partial charge on any atom is 0.119 e. The zero-order valence-electron chi connectivity index (χ0n) is 15.3. The number of hydrogen-bond donors (Lipinski definition) is 1. The summed E-state index contributed by atoms with van der Waals surface area (Å²) in [6.45, 7) is 2.90. The summed E-state index contributed by atoms with van der Waals surface area (Å²) >= 11 is 0. The first kappa shape index (κ1) is 18.7. The van der Waals surface area contributed by atoms with Gasteiger partial charge in [-0.3, -0.25) is 4.68 Å². The largest absolute Gasteiger partial charge is 0.494 e. The SMILES string of the molecule is N#CCCn1cc(CNCCCOc2ccccc2)c(-c2ccccc2)n1. The number of para-hydroxylation sites is 1. The summed E-state index contributed by atoms with van der Waals surface area (Å²) in [6, 6.07) is 22.2. The summed E-state index contributed by atoms with van der Waals surface area (Å²) < 4.78 is 7.57. The fourth-order valence-corrected chi connectivity index (χ4v) is 2.84. The van der Waals surface area contributed by atoms with Gasteiger partial charge in [0, 0.05) is 23.9 Å². The van der Waals surface area contributed by atoms with Crippen molar-refractivity contribution < 1.29 is 4.74 Å². The van der Waals surface area contributed by atoms with Crippen molar-refractivity contribution in [2.45, 2.75) is 25.9 Å². The van der Waals surface area contributed by atoms with Crippen molar-refractivity contribution in [3.05, 3.63) is 72.4 Å². The highest BCUT2D eigenvalue weighted by atomic mass is 16.5. The second-order valence-corrected chi connectivity index (χ2v) is 6.23. The lowest BCUT2D eigenvalue weighted by molar-refractivity contribution is 0.308. The number of rotatable bonds is 10. The number of aromatic nitrogens is 2. The number of hydrogen-bond acceptors (Lipinski definition) is 4. The van der Waals surface area contributed by atoms with Crippen LogP contribution < -0.4 is 10.1 Å². The number of benzene rings is 2. The Morgan fingerprint density at radius 2 is 1.78 bits per heavy atom. The van der Waals surface area contributed by atoms with Crippen molar-refractivity contribution >= 4 is 0 Å². The highest BCUT2D eigenvalue weighted by Gasteiger charge is 2.10. The van der Waals surface area contributed by atoms with Crippen LogP contribution in [0.4, 0.5) is 0 Å². The van der Waals surface area contributed by atoms with E-state index in [-0.39, 0.29) is 0 Å². The minimum atomic E-state index is 0.458. The van der Waals surface area contributed by atoms with E-state index in [4.69, 9.17) is 10.00 Å². The van der Waals surface area contributed by atoms with Crippen molar-refractivity contribution in [2.75, 3.05) is 13.2 Å². The van der Waals surface area contributed by atoms with Gasteiger partial charge in [0.15, 0.2) is 0 Å². The van der Waals surface area contributed by atoms with E-state index in [1.807, 2.05) is 59.4 Å². The molecule has 1 N–H and O–H groups in total. The van der Waals surface area contributed by atoms with Gasteiger partial charge < -0.3 is 10.1 Å². The smallest absolute Gasteiger partial charge is 0.119 e. The fourth-order valence-electron chi connectivity index (χ4n) is 2.84. The first-order valence-corrected chi connectivity index (χ1v) is 9.24. The molecule has 0 saturated carbocycles. The zero-order chi connectivity index (χ0) is 18.7. The molecule has 0 aliphatic heterocycles. The van der Waals surface area contributed by atoms with E-state index in [0.29, 0.717) is 19.6 Å². The van der Waals surface area contributed by atoms with Gasteiger partial charge in [0.1, 0.15) is 5.75 Å². The summed E-state index contributed by atoms with van der Waals surface area (Å²) in [5.41, 5.74) is 3.21. The Hall–Kier alpha value is -3.10. The molecule has 0 fully saturated rings. The molecule has 5 nitrogen and oxygen atoms in total. The van der Waals surface area contributed by atoms with Gasteiger partial charge in [0.05, 0.1) is 31.3 Å². The molecular weight excluding hydrogens is 336 g/mol. The van der Waals surface area contributed by atoms with Gasteiger partial charge in [-0.05, 0) is 25.1 Å². The van der Waals surface area contributed by atoms with E-state index in [1.54, 1.807) is 0 Å². The molecule has 0 atom stereocenters. The summed E-state index contributed by atoms with van der Waals surface area (Å²) in [6.07, 6.45) is 3.42. The standard InChI is InChI=1S/C22H24N4O/c23-13-7-15-26-18-20(22(25-26)19-9-3-1-4-10-19)17-24-14-8-16-27-21-11-5-2-6-12-21/h1-6,9-12,18,24H,7-8,14-17H2. The highest BCUT2D eigenvalue weighted by molar-refractivity contribution is 5.62.